The topological polar surface area (TPSA) is 129 Å². The number of halogens is 4. The quantitative estimate of drug-likeness (QED) is 0.335. The average Bonchev–Trinajstić information content (AvgIpc) is 2.90. The van der Waals surface area contributed by atoms with Crippen LogP contribution in [0.3, 0.4) is 0 Å². The molecule has 0 saturated heterocycles. The number of carbonyl (C=O) groups is 1. The number of aromatic nitrogens is 3. The van der Waals surface area contributed by atoms with E-state index in [2.05, 4.69) is 15.5 Å². The fraction of sp³-hybridized carbons (Fsp3) is 0.250. The Balaban J connectivity index is 2.13. The molecule has 0 saturated carbocycles. The molecule has 1 atom stereocenters. The van der Waals surface area contributed by atoms with E-state index in [0.29, 0.717) is 11.8 Å². The minimum atomic E-state index is -4.79. The van der Waals surface area contributed by atoms with Gasteiger partial charge in [0.25, 0.3) is 11.5 Å². The van der Waals surface area contributed by atoms with Crippen molar-refractivity contribution in [2.24, 2.45) is 0 Å². The van der Waals surface area contributed by atoms with Crippen LogP contribution in [0.2, 0.25) is 5.02 Å². The largest absolute Gasteiger partial charge is 0.453 e. The Labute approximate surface area is 152 Å². The number of nitrogens with zero attached hydrogens (tertiary/aromatic N) is 4. The Kier molecular flexibility index (Phi) is 5.61. The smallest absolute Gasteiger partial charge is 0.335 e. The number of amides is 1. The van der Waals surface area contributed by atoms with E-state index in [-0.39, 0.29) is 26.2 Å². The zero-order valence-electron chi connectivity index (χ0n) is 12.8. The second kappa shape index (κ2) is 7.37. The molecule has 1 aromatic heterocycles. The van der Waals surface area contributed by atoms with Gasteiger partial charge in [-0.05, 0) is 13.0 Å². The standard InChI is InChI=1S/C12H10ClF3N6O3S/c1-5(26-11-20-19-10(21(11)17)12(14,15)16)9(23)18-8-4-6(22(24)25)2-3-7(8)13/h2-5H,17H2,1H3,(H,18,23)/t5-/m0/s1. The maximum atomic E-state index is 12.6. The second-order valence-electron chi connectivity index (χ2n) is 4.84. The monoisotopic (exact) mass is 410 g/mol. The minimum absolute atomic E-state index is 0.0106. The molecule has 14 heteroatoms. The van der Waals surface area contributed by atoms with Crippen LogP contribution in [0.5, 0.6) is 0 Å². The van der Waals surface area contributed by atoms with E-state index < -0.39 is 28.1 Å². The molecule has 0 unspecified atom stereocenters. The Hall–Kier alpha value is -2.54. The number of carbonyl (C=O) groups excluding carboxylic acids is 1. The molecule has 0 aliphatic rings. The summed E-state index contributed by atoms with van der Waals surface area (Å²) in [6.07, 6.45) is -4.79. The zero-order chi connectivity index (χ0) is 19.6. The predicted molar refractivity (Wildman–Crippen MR) is 87.2 cm³/mol. The predicted octanol–water partition coefficient (Wildman–Crippen LogP) is 2.69. The average molecular weight is 411 g/mol. The first kappa shape index (κ1) is 19.8. The number of hydrogen-bond donors (Lipinski definition) is 2. The first-order valence-electron chi connectivity index (χ1n) is 6.70. The molecule has 1 amide bonds. The van der Waals surface area contributed by atoms with Crippen molar-refractivity contribution in [1.82, 2.24) is 14.9 Å². The van der Waals surface area contributed by atoms with E-state index in [9.17, 15) is 28.1 Å². The van der Waals surface area contributed by atoms with Crippen molar-refractivity contribution >= 4 is 40.6 Å². The van der Waals surface area contributed by atoms with E-state index in [1.165, 1.54) is 13.0 Å². The lowest BCUT2D eigenvalue weighted by atomic mass is 10.2. The highest BCUT2D eigenvalue weighted by Gasteiger charge is 2.38. The fourth-order valence-corrected chi connectivity index (χ4v) is 2.65. The molecule has 9 nitrogen and oxygen atoms in total. The van der Waals surface area contributed by atoms with Crippen molar-refractivity contribution in [2.45, 2.75) is 23.5 Å². The van der Waals surface area contributed by atoms with E-state index in [4.69, 9.17) is 17.4 Å². The molecule has 0 radical (unpaired) electrons. The number of non-ortho nitro benzene ring substituents is 1. The lowest BCUT2D eigenvalue weighted by Crippen LogP contribution is -2.25. The van der Waals surface area contributed by atoms with Crippen LogP contribution in [0.1, 0.15) is 12.7 Å². The lowest BCUT2D eigenvalue weighted by Gasteiger charge is -2.12. The van der Waals surface area contributed by atoms with Gasteiger partial charge >= 0.3 is 6.18 Å². The van der Waals surface area contributed by atoms with Gasteiger partial charge in [-0.3, -0.25) is 14.9 Å². The van der Waals surface area contributed by atoms with Crippen LogP contribution in [0.25, 0.3) is 0 Å². The Bertz CT molecular complexity index is 859. The molecule has 0 aliphatic carbocycles. The second-order valence-corrected chi connectivity index (χ2v) is 6.56. The summed E-state index contributed by atoms with van der Waals surface area (Å²) in [4.78, 5) is 22.3. The van der Waals surface area contributed by atoms with Crippen molar-refractivity contribution < 1.29 is 22.9 Å². The van der Waals surface area contributed by atoms with E-state index in [0.717, 1.165) is 12.1 Å². The third kappa shape index (κ3) is 4.35. The third-order valence-corrected chi connectivity index (χ3v) is 4.37. The Morgan fingerprint density at radius 1 is 1.46 bits per heavy atom. The van der Waals surface area contributed by atoms with Crippen LogP contribution in [0, 0.1) is 10.1 Å². The van der Waals surface area contributed by atoms with Gasteiger partial charge in [-0.15, -0.1) is 10.2 Å². The van der Waals surface area contributed by atoms with E-state index in [1.807, 2.05) is 0 Å². The molecular formula is C12H10ClF3N6O3S. The van der Waals surface area contributed by atoms with Gasteiger partial charge in [0.2, 0.25) is 11.1 Å². The molecule has 0 spiro atoms. The van der Waals surface area contributed by atoms with Crippen molar-refractivity contribution in [3.05, 3.63) is 39.2 Å². The number of hydrogen-bond acceptors (Lipinski definition) is 7. The minimum Gasteiger partial charge on any atom is -0.335 e. The zero-order valence-corrected chi connectivity index (χ0v) is 14.4. The van der Waals surface area contributed by atoms with Crippen LogP contribution < -0.4 is 11.2 Å². The summed E-state index contributed by atoms with van der Waals surface area (Å²) >= 11 is 6.50. The molecule has 3 N–H and O–H groups in total. The lowest BCUT2D eigenvalue weighted by molar-refractivity contribution is -0.384. The first-order chi connectivity index (χ1) is 12.0. The van der Waals surface area contributed by atoms with Gasteiger partial charge in [0.05, 0.1) is 20.9 Å². The number of alkyl halides is 3. The highest BCUT2D eigenvalue weighted by molar-refractivity contribution is 8.00. The number of nitro groups is 1. The molecule has 0 fully saturated rings. The highest BCUT2D eigenvalue weighted by atomic mass is 35.5. The maximum Gasteiger partial charge on any atom is 0.453 e. The number of thioether (sulfide) groups is 1. The molecule has 1 heterocycles. The summed E-state index contributed by atoms with van der Waals surface area (Å²) in [5, 5.41) is 18.2. The summed E-state index contributed by atoms with van der Waals surface area (Å²) in [6.45, 7) is 1.38. The number of nitrogen functional groups attached to an aromatic ring is 1. The molecule has 0 aliphatic heterocycles. The highest BCUT2D eigenvalue weighted by Crippen LogP contribution is 2.31. The number of nitrogens with one attached hydrogen (secondary N) is 1. The fourth-order valence-electron chi connectivity index (χ4n) is 1.72. The number of anilines is 1. The summed E-state index contributed by atoms with van der Waals surface area (Å²) in [5.41, 5.74) is -0.301. The van der Waals surface area contributed by atoms with Crippen LogP contribution in [0.15, 0.2) is 23.4 Å². The van der Waals surface area contributed by atoms with Gasteiger partial charge in [0.15, 0.2) is 0 Å². The molecule has 140 valence electrons. The van der Waals surface area contributed by atoms with Crippen LogP contribution in [-0.2, 0) is 11.0 Å². The number of benzene rings is 1. The Morgan fingerprint density at radius 3 is 2.65 bits per heavy atom. The van der Waals surface area contributed by atoms with Crippen LogP contribution >= 0.6 is 23.4 Å². The molecule has 26 heavy (non-hydrogen) atoms. The van der Waals surface area contributed by atoms with Gasteiger partial charge in [-0.2, -0.15) is 13.2 Å². The number of rotatable bonds is 5. The molecule has 2 rings (SSSR count). The van der Waals surface area contributed by atoms with Gasteiger partial charge in [0, 0.05) is 12.1 Å². The van der Waals surface area contributed by atoms with Gasteiger partial charge in [-0.1, -0.05) is 23.4 Å². The SMILES string of the molecule is C[C@H](Sc1nnc(C(F)(F)F)n1N)C(=O)Nc1cc([N+](=O)[O-])ccc1Cl. The maximum absolute atomic E-state index is 12.6. The van der Waals surface area contributed by atoms with Crippen LogP contribution in [0.4, 0.5) is 24.5 Å². The molecular weight excluding hydrogens is 401 g/mol. The van der Waals surface area contributed by atoms with E-state index in [1.54, 1.807) is 0 Å². The van der Waals surface area contributed by atoms with Crippen molar-refractivity contribution in [3.8, 4) is 0 Å². The molecule has 1 aromatic carbocycles. The molecule has 2 aromatic rings. The summed E-state index contributed by atoms with van der Waals surface area (Å²) in [5.74, 6) is 3.21. The Morgan fingerprint density at radius 2 is 2.12 bits per heavy atom. The van der Waals surface area contributed by atoms with Crippen LogP contribution in [-0.4, -0.2) is 31.0 Å². The molecule has 0 bridgehead atoms. The van der Waals surface area contributed by atoms with Gasteiger partial charge in [-0.25, -0.2) is 4.68 Å². The third-order valence-electron chi connectivity index (χ3n) is 2.99. The number of nitro benzene ring substituents is 1. The number of nitrogens with two attached hydrogens (primary N) is 1. The summed E-state index contributed by atoms with van der Waals surface area (Å²) in [7, 11) is 0. The normalized spacial score (nSPS) is 12.7. The summed E-state index contributed by atoms with van der Waals surface area (Å²) < 4.78 is 38.1. The van der Waals surface area contributed by atoms with Crippen molar-refractivity contribution in [3.63, 3.8) is 0 Å². The van der Waals surface area contributed by atoms with Gasteiger partial charge in [0.1, 0.15) is 0 Å². The summed E-state index contributed by atoms with van der Waals surface area (Å²) in [6, 6.07) is 3.45. The van der Waals surface area contributed by atoms with Gasteiger partial charge < -0.3 is 11.2 Å². The van der Waals surface area contributed by atoms with E-state index >= 15 is 0 Å². The van der Waals surface area contributed by atoms with Crippen molar-refractivity contribution in [2.75, 3.05) is 11.2 Å². The first-order valence-corrected chi connectivity index (χ1v) is 7.95. The van der Waals surface area contributed by atoms with Crippen molar-refractivity contribution in [1.29, 1.82) is 0 Å².